The van der Waals surface area contributed by atoms with Gasteiger partial charge in [-0.05, 0) is 61.0 Å². The fourth-order valence-electron chi connectivity index (χ4n) is 3.76. The van der Waals surface area contributed by atoms with Gasteiger partial charge in [0.2, 0.25) is 0 Å². The number of aliphatic hydroxyl groups is 1. The molecule has 3 aromatic rings. The molecule has 162 valence electrons. The van der Waals surface area contributed by atoms with Crippen LogP contribution in [-0.4, -0.2) is 35.5 Å². The highest BCUT2D eigenvalue weighted by molar-refractivity contribution is 6.51. The number of ketones is 1. The molecule has 1 aliphatic rings. The van der Waals surface area contributed by atoms with Crippen LogP contribution in [0.5, 0.6) is 11.5 Å². The number of amides is 1. The number of benzene rings is 2. The van der Waals surface area contributed by atoms with E-state index in [1.54, 1.807) is 80.2 Å². The van der Waals surface area contributed by atoms with Crippen LogP contribution in [-0.2, 0) is 9.59 Å². The molecule has 1 aliphatic heterocycles. The topological polar surface area (TPSA) is 89.0 Å². The lowest BCUT2D eigenvalue weighted by atomic mass is 9.95. The molecule has 4 rings (SSSR count). The van der Waals surface area contributed by atoms with E-state index in [2.05, 4.69) is 4.98 Å². The summed E-state index contributed by atoms with van der Waals surface area (Å²) in [5.41, 5.74) is 1.56. The Morgan fingerprint density at radius 2 is 1.75 bits per heavy atom. The third kappa shape index (κ3) is 3.80. The Hall–Kier alpha value is -4.13. The fourth-order valence-corrected chi connectivity index (χ4v) is 3.76. The molecule has 2 heterocycles. The first-order chi connectivity index (χ1) is 15.5. The predicted octanol–water partition coefficient (Wildman–Crippen LogP) is 4.12. The average molecular weight is 430 g/mol. The van der Waals surface area contributed by atoms with Gasteiger partial charge in [-0.15, -0.1) is 0 Å². The Labute approximate surface area is 185 Å². The third-order valence-electron chi connectivity index (χ3n) is 5.24. The van der Waals surface area contributed by atoms with E-state index in [1.807, 2.05) is 6.92 Å². The molecule has 0 spiro atoms. The summed E-state index contributed by atoms with van der Waals surface area (Å²) in [6.07, 6.45) is 3.17. The minimum Gasteiger partial charge on any atom is -0.507 e. The number of rotatable bonds is 6. The molecule has 1 saturated heterocycles. The normalized spacial score (nSPS) is 17.4. The Bertz CT molecular complexity index is 1170. The van der Waals surface area contributed by atoms with E-state index >= 15 is 0 Å². The van der Waals surface area contributed by atoms with Crippen molar-refractivity contribution in [2.75, 3.05) is 18.6 Å². The predicted molar refractivity (Wildman–Crippen MR) is 120 cm³/mol. The monoisotopic (exact) mass is 430 g/mol. The Morgan fingerprint density at radius 1 is 1.03 bits per heavy atom. The largest absolute Gasteiger partial charge is 0.507 e. The lowest BCUT2D eigenvalue weighted by molar-refractivity contribution is -0.132. The number of pyridine rings is 1. The maximum atomic E-state index is 13.1. The number of aromatic nitrogens is 1. The molecule has 0 radical (unpaired) electrons. The standard InChI is InChI=1S/C25H22N2O5/c1-3-32-20-6-4-5-17(15-20)23(28)21-22(16-11-13-26-14-12-16)27(25(30)24(21)29)18-7-9-19(31-2)10-8-18/h4-15,22,28H,3H2,1-2H3/b23-21-. The van der Waals surface area contributed by atoms with E-state index in [1.165, 1.54) is 4.90 Å². The van der Waals surface area contributed by atoms with Gasteiger partial charge in [0.25, 0.3) is 11.7 Å². The van der Waals surface area contributed by atoms with Crippen LogP contribution in [0.2, 0.25) is 0 Å². The molecule has 1 amide bonds. The summed E-state index contributed by atoms with van der Waals surface area (Å²) in [7, 11) is 1.55. The Kier molecular flexibility index (Phi) is 5.89. The highest BCUT2D eigenvalue weighted by atomic mass is 16.5. The zero-order valence-corrected chi connectivity index (χ0v) is 17.7. The van der Waals surface area contributed by atoms with E-state index in [0.717, 1.165) is 0 Å². The molecule has 0 saturated carbocycles. The van der Waals surface area contributed by atoms with E-state index in [9.17, 15) is 14.7 Å². The van der Waals surface area contributed by atoms with E-state index in [-0.39, 0.29) is 11.3 Å². The average Bonchev–Trinajstić information content (AvgIpc) is 3.10. The maximum absolute atomic E-state index is 13.1. The van der Waals surface area contributed by atoms with E-state index in [4.69, 9.17) is 9.47 Å². The van der Waals surface area contributed by atoms with Crippen molar-refractivity contribution in [3.05, 3.63) is 89.8 Å². The number of nitrogens with zero attached hydrogens (tertiary/aromatic N) is 2. The van der Waals surface area contributed by atoms with Crippen LogP contribution in [0.3, 0.4) is 0 Å². The molecular weight excluding hydrogens is 408 g/mol. The third-order valence-corrected chi connectivity index (χ3v) is 5.24. The van der Waals surface area contributed by atoms with Gasteiger partial charge in [-0.25, -0.2) is 0 Å². The van der Waals surface area contributed by atoms with Crippen LogP contribution in [0.1, 0.15) is 24.1 Å². The molecular formula is C25H22N2O5. The highest BCUT2D eigenvalue weighted by Gasteiger charge is 2.47. The summed E-state index contributed by atoms with van der Waals surface area (Å²) in [4.78, 5) is 31.7. The van der Waals surface area contributed by atoms with Crippen molar-refractivity contribution >= 4 is 23.1 Å². The van der Waals surface area contributed by atoms with E-state index < -0.39 is 17.7 Å². The second-order valence-electron chi connectivity index (χ2n) is 7.11. The smallest absolute Gasteiger partial charge is 0.300 e. The van der Waals surface area contributed by atoms with Gasteiger partial charge >= 0.3 is 0 Å². The van der Waals surface area contributed by atoms with Crippen molar-refractivity contribution in [1.82, 2.24) is 4.98 Å². The maximum Gasteiger partial charge on any atom is 0.300 e. The van der Waals surface area contributed by atoms with Gasteiger partial charge in [0.05, 0.1) is 25.3 Å². The van der Waals surface area contributed by atoms with Crippen LogP contribution < -0.4 is 14.4 Å². The molecule has 1 atom stereocenters. The van der Waals surface area contributed by atoms with Crippen LogP contribution >= 0.6 is 0 Å². The number of hydrogen-bond donors (Lipinski definition) is 1. The summed E-state index contributed by atoms with van der Waals surface area (Å²) >= 11 is 0. The van der Waals surface area contributed by atoms with Crippen LogP contribution in [0.25, 0.3) is 5.76 Å². The van der Waals surface area contributed by atoms with Gasteiger partial charge in [0.1, 0.15) is 17.3 Å². The second-order valence-corrected chi connectivity index (χ2v) is 7.11. The minimum atomic E-state index is -0.817. The molecule has 1 fully saturated rings. The zero-order chi connectivity index (χ0) is 22.7. The SMILES string of the molecule is CCOc1cccc(/C(O)=C2/C(=O)C(=O)N(c3ccc(OC)cc3)C2c2ccncc2)c1. The second kappa shape index (κ2) is 8.93. The molecule has 2 aromatic carbocycles. The summed E-state index contributed by atoms with van der Waals surface area (Å²) in [5.74, 6) is -0.566. The molecule has 1 unspecified atom stereocenters. The number of aliphatic hydroxyl groups excluding tert-OH is 1. The van der Waals surface area contributed by atoms with Crippen molar-refractivity contribution in [2.24, 2.45) is 0 Å². The number of ether oxygens (including phenoxy) is 2. The Balaban J connectivity index is 1.89. The molecule has 0 aliphatic carbocycles. The lowest BCUT2D eigenvalue weighted by Gasteiger charge is -2.25. The number of methoxy groups -OCH3 is 1. The number of Topliss-reactive ketones (excluding diaryl/α,β-unsaturated/α-hetero) is 1. The molecule has 1 aromatic heterocycles. The molecule has 32 heavy (non-hydrogen) atoms. The van der Waals surface area contributed by atoms with Crippen molar-refractivity contribution in [3.8, 4) is 11.5 Å². The van der Waals surface area contributed by atoms with Gasteiger partial charge in [-0.2, -0.15) is 0 Å². The number of carbonyl (C=O) groups excluding carboxylic acids is 2. The van der Waals surface area contributed by atoms with Crippen molar-refractivity contribution in [3.63, 3.8) is 0 Å². The van der Waals surface area contributed by atoms with Gasteiger partial charge < -0.3 is 14.6 Å². The van der Waals surface area contributed by atoms with Crippen molar-refractivity contribution in [2.45, 2.75) is 13.0 Å². The van der Waals surface area contributed by atoms with Gasteiger partial charge in [-0.3, -0.25) is 19.5 Å². The first-order valence-corrected chi connectivity index (χ1v) is 10.1. The summed E-state index contributed by atoms with van der Waals surface area (Å²) in [6, 6.07) is 16.2. The number of anilines is 1. The van der Waals surface area contributed by atoms with Gasteiger partial charge in [0.15, 0.2) is 0 Å². The van der Waals surface area contributed by atoms with Crippen LogP contribution in [0.4, 0.5) is 5.69 Å². The Morgan fingerprint density at radius 3 is 2.41 bits per heavy atom. The van der Waals surface area contributed by atoms with Crippen LogP contribution in [0.15, 0.2) is 78.6 Å². The molecule has 1 N–H and O–H groups in total. The number of carbonyl (C=O) groups is 2. The van der Waals surface area contributed by atoms with Gasteiger partial charge in [0, 0.05) is 23.6 Å². The molecule has 7 heteroatoms. The highest BCUT2D eigenvalue weighted by Crippen LogP contribution is 2.42. The quantitative estimate of drug-likeness (QED) is 0.360. The summed E-state index contributed by atoms with van der Waals surface area (Å²) in [5, 5.41) is 11.2. The van der Waals surface area contributed by atoms with Gasteiger partial charge in [-0.1, -0.05) is 12.1 Å². The zero-order valence-electron chi connectivity index (χ0n) is 17.7. The van der Waals surface area contributed by atoms with Crippen LogP contribution in [0, 0.1) is 0 Å². The molecule has 7 nitrogen and oxygen atoms in total. The first kappa shape index (κ1) is 21.1. The first-order valence-electron chi connectivity index (χ1n) is 10.1. The summed E-state index contributed by atoms with van der Waals surface area (Å²) < 4.78 is 10.7. The molecule has 0 bridgehead atoms. The number of hydrogen-bond acceptors (Lipinski definition) is 6. The lowest BCUT2D eigenvalue weighted by Crippen LogP contribution is -2.29. The van der Waals surface area contributed by atoms with Crippen molar-refractivity contribution in [1.29, 1.82) is 0 Å². The minimum absolute atomic E-state index is 0.00525. The fraction of sp³-hybridized carbons (Fsp3) is 0.160. The summed E-state index contributed by atoms with van der Waals surface area (Å²) in [6.45, 7) is 2.32. The van der Waals surface area contributed by atoms with Crippen molar-refractivity contribution < 1.29 is 24.2 Å². The van der Waals surface area contributed by atoms with E-state index in [0.29, 0.717) is 34.9 Å².